The number of hydrogen-bond acceptors (Lipinski definition) is 4. The van der Waals surface area contributed by atoms with Crippen molar-refractivity contribution in [1.29, 1.82) is 0 Å². The van der Waals surface area contributed by atoms with Gasteiger partial charge in [0.15, 0.2) is 9.84 Å². The van der Waals surface area contributed by atoms with Crippen LogP contribution in [-0.2, 0) is 19.4 Å². The average molecular weight is 261 g/mol. The zero-order valence-electron chi connectivity index (χ0n) is 9.31. The second-order valence-corrected chi connectivity index (χ2v) is 7.13. The fourth-order valence-corrected chi connectivity index (χ4v) is 3.76. The van der Waals surface area contributed by atoms with E-state index >= 15 is 0 Å². The molecule has 0 aromatic heterocycles. The number of nitrogens with one attached hydrogen (secondary N) is 1. The molecule has 96 valence electrons. The maximum absolute atomic E-state index is 11.7. The van der Waals surface area contributed by atoms with Crippen LogP contribution in [0.3, 0.4) is 0 Å². The predicted octanol–water partition coefficient (Wildman–Crippen LogP) is -0.598. The molecule has 0 spiro atoms. The first kappa shape index (κ1) is 12.3. The molecule has 1 saturated heterocycles. The van der Waals surface area contributed by atoms with Gasteiger partial charge in [0.25, 0.3) is 0 Å². The molecule has 1 unspecified atom stereocenters. The van der Waals surface area contributed by atoms with E-state index in [1.807, 2.05) is 0 Å². The van der Waals surface area contributed by atoms with Gasteiger partial charge >= 0.3 is 5.97 Å². The van der Waals surface area contributed by atoms with E-state index in [9.17, 15) is 18.0 Å². The van der Waals surface area contributed by atoms with Gasteiger partial charge in [-0.05, 0) is 19.3 Å². The largest absolute Gasteiger partial charge is 0.481 e. The first-order valence-electron chi connectivity index (χ1n) is 5.56. The van der Waals surface area contributed by atoms with Crippen molar-refractivity contribution in [2.24, 2.45) is 11.3 Å². The maximum atomic E-state index is 11.7. The van der Waals surface area contributed by atoms with E-state index in [4.69, 9.17) is 5.11 Å². The van der Waals surface area contributed by atoms with Gasteiger partial charge in [-0.1, -0.05) is 0 Å². The van der Waals surface area contributed by atoms with Crippen molar-refractivity contribution < 1.29 is 23.1 Å². The standard InChI is InChI=1S/C10H15NO5S/c12-8(7-1-4-17(15,16)5-7)11-6-10(2-3-10)9(13)14/h7H,1-6H2,(H,11,12)(H,13,14). The van der Waals surface area contributed by atoms with Crippen LogP contribution in [0.15, 0.2) is 0 Å². The predicted molar refractivity (Wildman–Crippen MR) is 59.1 cm³/mol. The molecule has 1 saturated carbocycles. The molecule has 7 heteroatoms. The van der Waals surface area contributed by atoms with Crippen LogP contribution in [0.5, 0.6) is 0 Å². The van der Waals surface area contributed by atoms with Crippen LogP contribution in [0, 0.1) is 11.3 Å². The van der Waals surface area contributed by atoms with Crippen molar-refractivity contribution in [3.63, 3.8) is 0 Å². The van der Waals surface area contributed by atoms with Gasteiger partial charge in [0.2, 0.25) is 5.91 Å². The maximum Gasteiger partial charge on any atom is 0.311 e. The molecule has 2 aliphatic rings. The van der Waals surface area contributed by atoms with Gasteiger partial charge in [0.05, 0.1) is 22.8 Å². The van der Waals surface area contributed by atoms with Crippen LogP contribution < -0.4 is 5.32 Å². The van der Waals surface area contributed by atoms with Gasteiger partial charge in [0, 0.05) is 6.54 Å². The van der Waals surface area contributed by atoms with Crippen LogP contribution in [0.25, 0.3) is 0 Å². The van der Waals surface area contributed by atoms with E-state index in [0.29, 0.717) is 19.3 Å². The Morgan fingerprint density at radius 1 is 1.35 bits per heavy atom. The number of carboxylic acid groups (broad SMARTS) is 1. The molecule has 1 aliphatic heterocycles. The normalized spacial score (nSPS) is 28.6. The molecule has 2 fully saturated rings. The van der Waals surface area contributed by atoms with E-state index in [0.717, 1.165) is 0 Å². The van der Waals surface area contributed by atoms with Crippen LogP contribution >= 0.6 is 0 Å². The summed E-state index contributed by atoms with van der Waals surface area (Å²) in [6.45, 7) is 0.109. The lowest BCUT2D eigenvalue weighted by Crippen LogP contribution is -2.38. The molecule has 2 N–H and O–H groups in total. The Kier molecular flexibility index (Phi) is 2.89. The quantitative estimate of drug-likeness (QED) is 0.704. The molecule has 2 rings (SSSR count). The number of rotatable bonds is 4. The Morgan fingerprint density at radius 3 is 2.41 bits per heavy atom. The molecule has 1 heterocycles. The van der Waals surface area contributed by atoms with Crippen LogP contribution in [0.4, 0.5) is 0 Å². The minimum Gasteiger partial charge on any atom is -0.481 e. The van der Waals surface area contributed by atoms with Crippen molar-refractivity contribution in [1.82, 2.24) is 5.32 Å². The Morgan fingerprint density at radius 2 is 2.00 bits per heavy atom. The molecular weight excluding hydrogens is 246 g/mol. The van der Waals surface area contributed by atoms with Crippen molar-refractivity contribution in [2.75, 3.05) is 18.1 Å². The van der Waals surface area contributed by atoms with Crippen LogP contribution in [0.2, 0.25) is 0 Å². The molecular formula is C10H15NO5S. The van der Waals surface area contributed by atoms with E-state index < -0.39 is 27.1 Å². The molecule has 6 nitrogen and oxygen atoms in total. The molecule has 0 bridgehead atoms. The van der Waals surface area contributed by atoms with Gasteiger partial charge in [-0.2, -0.15) is 0 Å². The fourth-order valence-electron chi connectivity index (χ4n) is 2.02. The Balaban J connectivity index is 1.85. The molecule has 1 atom stereocenters. The number of amides is 1. The lowest BCUT2D eigenvalue weighted by atomic mass is 10.1. The number of hydrogen-bond donors (Lipinski definition) is 2. The van der Waals surface area contributed by atoms with Gasteiger partial charge in [-0.3, -0.25) is 9.59 Å². The lowest BCUT2D eigenvalue weighted by molar-refractivity contribution is -0.143. The van der Waals surface area contributed by atoms with Crippen molar-refractivity contribution in [3.05, 3.63) is 0 Å². The molecule has 1 amide bonds. The van der Waals surface area contributed by atoms with E-state index in [1.54, 1.807) is 0 Å². The third-order valence-corrected chi connectivity index (χ3v) is 5.28. The Bertz CT molecular complexity index is 451. The topological polar surface area (TPSA) is 101 Å². The summed E-state index contributed by atoms with van der Waals surface area (Å²) < 4.78 is 22.4. The molecule has 0 aromatic rings. The zero-order valence-corrected chi connectivity index (χ0v) is 10.1. The summed E-state index contributed by atoms with van der Waals surface area (Å²) in [4.78, 5) is 22.5. The highest BCUT2D eigenvalue weighted by Gasteiger charge is 2.50. The van der Waals surface area contributed by atoms with E-state index in [1.165, 1.54) is 0 Å². The molecule has 17 heavy (non-hydrogen) atoms. The summed E-state index contributed by atoms with van der Waals surface area (Å²) in [5, 5.41) is 11.5. The SMILES string of the molecule is O=C(NCC1(C(=O)O)CC1)C1CCS(=O)(=O)C1. The van der Waals surface area contributed by atoms with Crippen LogP contribution in [-0.4, -0.2) is 43.5 Å². The minimum absolute atomic E-state index is 0.0508. The number of carbonyl (C=O) groups excluding carboxylic acids is 1. The fraction of sp³-hybridized carbons (Fsp3) is 0.800. The lowest BCUT2D eigenvalue weighted by Gasteiger charge is -2.13. The van der Waals surface area contributed by atoms with Gasteiger partial charge in [-0.25, -0.2) is 8.42 Å². The summed E-state index contributed by atoms with van der Waals surface area (Å²) in [5.41, 5.74) is -0.798. The highest BCUT2D eigenvalue weighted by atomic mass is 32.2. The summed E-state index contributed by atoms with van der Waals surface area (Å²) in [6.07, 6.45) is 1.49. The third-order valence-electron chi connectivity index (χ3n) is 3.51. The van der Waals surface area contributed by atoms with Gasteiger partial charge in [0.1, 0.15) is 0 Å². The number of aliphatic carboxylic acids is 1. The smallest absolute Gasteiger partial charge is 0.311 e. The van der Waals surface area contributed by atoms with Gasteiger partial charge < -0.3 is 10.4 Å². The second-order valence-electron chi connectivity index (χ2n) is 4.90. The summed E-state index contributed by atoms with van der Waals surface area (Å²) in [7, 11) is -3.07. The first-order chi connectivity index (χ1) is 7.85. The monoisotopic (exact) mass is 261 g/mol. The third kappa shape index (κ3) is 2.59. The minimum atomic E-state index is -3.07. The van der Waals surface area contributed by atoms with Gasteiger partial charge in [-0.15, -0.1) is 0 Å². The second kappa shape index (κ2) is 3.97. The zero-order chi connectivity index (χ0) is 12.7. The first-order valence-corrected chi connectivity index (χ1v) is 7.38. The Hall–Kier alpha value is -1.11. The van der Waals surface area contributed by atoms with Crippen molar-refractivity contribution in [3.8, 4) is 0 Å². The summed E-state index contributed by atoms with van der Waals surface area (Å²) in [5.74, 6) is -1.80. The molecule has 0 radical (unpaired) electrons. The Labute approximate surface area is 99.3 Å². The van der Waals surface area contributed by atoms with Crippen molar-refractivity contribution in [2.45, 2.75) is 19.3 Å². The van der Waals surface area contributed by atoms with Crippen molar-refractivity contribution >= 4 is 21.7 Å². The average Bonchev–Trinajstić information content (AvgIpc) is 2.95. The number of carbonyl (C=O) groups is 2. The molecule has 1 aliphatic carbocycles. The highest BCUT2D eigenvalue weighted by Crippen LogP contribution is 2.45. The summed E-state index contributed by atoms with van der Waals surface area (Å²) in [6, 6.07) is 0. The summed E-state index contributed by atoms with van der Waals surface area (Å²) >= 11 is 0. The number of carboxylic acids is 1. The number of sulfone groups is 1. The van der Waals surface area contributed by atoms with E-state index in [2.05, 4.69) is 5.32 Å². The van der Waals surface area contributed by atoms with Crippen LogP contribution in [0.1, 0.15) is 19.3 Å². The van der Waals surface area contributed by atoms with E-state index in [-0.39, 0.29) is 24.0 Å². The highest BCUT2D eigenvalue weighted by molar-refractivity contribution is 7.91. The molecule has 0 aromatic carbocycles.